The van der Waals surface area contributed by atoms with Gasteiger partial charge in [-0.1, -0.05) is 51.1 Å². The molecule has 0 radical (unpaired) electrons. The second kappa shape index (κ2) is 5.78. The third-order valence-electron chi connectivity index (χ3n) is 3.38. The number of aliphatic carboxylic acids is 1. The highest BCUT2D eigenvalue weighted by Gasteiger charge is 2.44. The lowest BCUT2D eigenvalue weighted by Crippen LogP contribution is -2.52. The van der Waals surface area contributed by atoms with Gasteiger partial charge in [-0.05, 0) is 18.4 Å². The third-order valence-corrected chi connectivity index (χ3v) is 4.82. The van der Waals surface area contributed by atoms with E-state index in [1.54, 1.807) is 11.8 Å². The predicted molar refractivity (Wildman–Crippen MR) is 84.1 cm³/mol. The summed E-state index contributed by atoms with van der Waals surface area (Å²) in [6.07, 6.45) is 2.14. The SMILES string of the molecule is CC(C)(C)SCC(NC1CC1)(C(=O)O)c1ccccc1. The summed E-state index contributed by atoms with van der Waals surface area (Å²) in [6.45, 7) is 6.35. The number of carboxylic acid groups (broad SMARTS) is 1. The first-order chi connectivity index (χ1) is 9.33. The average Bonchev–Trinajstić information content (AvgIpc) is 3.18. The summed E-state index contributed by atoms with van der Waals surface area (Å²) in [4.78, 5) is 12.0. The fraction of sp³-hybridized carbons (Fsp3) is 0.562. The van der Waals surface area contributed by atoms with Gasteiger partial charge in [0.15, 0.2) is 5.54 Å². The highest BCUT2D eigenvalue weighted by atomic mass is 32.2. The molecule has 4 heteroatoms. The topological polar surface area (TPSA) is 49.3 Å². The summed E-state index contributed by atoms with van der Waals surface area (Å²) in [7, 11) is 0. The Morgan fingerprint density at radius 2 is 1.90 bits per heavy atom. The Morgan fingerprint density at radius 3 is 2.35 bits per heavy atom. The van der Waals surface area contributed by atoms with Gasteiger partial charge in [-0.3, -0.25) is 5.32 Å². The van der Waals surface area contributed by atoms with E-state index in [-0.39, 0.29) is 4.75 Å². The molecule has 0 bridgehead atoms. The first-order valence-electron chi connectivity index (χ1n) is 7.04. The quantitative estimate of drug-likeness (QED) is 0.845. The normalized spacial score (nSPS) is 18.6. The van der Waals surface area contributed by atoms with Crippen LogP contribution in [-0.4, -0.2) is 27.6 Å². The average molecular weight is 293 g/mol. The van der Waals surface area contributed by atoms with Gasteiger partial charge in [-0.25, -0.2) is 4.79 Å². The zero-order chi connectivity index (χ0) is 14.8. The van der Waals surface area contributed by atoms with E-state index < -0.39 is 11.5 Å². The Bertz CT molecular complexity index is 465. The summed E-state index contributed by atoms with van der Waals surface area (Å²) >= 11 is 1.69. The van der Waals surface area contributed by atoms with Crippen molar-refractivity contribution in [2.75, 3.05) is 5.75 Å². The molecule has 0 spiro atoms. The molecule has 110 valence electrons. The van der Waals surface area contributed by atoms with Crippen LogP contribution in [0.1, 0.15) is 39.2 Å². The predicted octanol–water partition coefficient (Wildman–Crippen LogP) is 3.25. The van der Waals surface area contributed by atoms with Crippen molar-refractivity contribution in [3.8, 4) is 0 Å². The number of thioether (sulfide) groups is 1. The van der Waals surface area contributed by atoms with Crippen molar-refractivity contribution in [2.24, 2.45) is 0 Å². The van der Waals surface area contributed by atoms with Gasteiger partial charge in [-0.2, -0.15) is 11.8 Å². The maximum atomic E-state index is 12.0. The van der Waals surface area contributed by atoms with Gasteiger partial charge in [0.1, 0.15) is 0 Å². The van der Waals surface area contributed by atoms with Crippen LogP contribution >= 0.6 is 11.8 Å². The minimum atomic E-state index is -0.986. The Labute approximate surface area is 125 Å². The van der Waals surface area contributed by atoms with E-state index in [9.17, 15) is 9.90 Å². The molecular formula is C16H23NO2S. The Morgan fingerprint density at radius 1 is 1.30 bits per heavy atom. The lowest BCUT2D eigenvalue weighted by atomic mass is 9.91. The second-order valence-electron chi connectivity index (χ2n) is 6.40. The molecule has 0 saturated heterocycles. The van der Waals surface area contributed by atoms with Gasteiger partial charge in [-0.15, -0.1) is 0 Å². The molecule has 1 aromatic carbocycles. The van der Waals surface area contributed by atoms with Crippen LogP contribution in [0.4, 0.5) is 0 Å². The summed E-state index contributed by atoms with van der Waals surface area (Å²) < 4.78 is 0.0424. The van der Waals surface area contributed by atoms with Gasteiger partial charge in [0.2, 0.25) is 0 Å². The van der Waals surface area contributed by atoms with E-state index in [2.05, 4.69) is 26.1 Å². The molecule has 0 amide bonds. The molecule has 1 aromatic rings. The van der Waals surface area contributed by atoms with Gasteiger partial charge >= 0.3 is 5.97 Å². The van der Waals surface area contributed by atoms with E-state index in [1.807, 2.05) is 30.3 Å². The van der Waals surface area contributed by atoms with Crippen LogP contribution in [0.2, 0.25) is 0 Å². The molecule has 20 heavy (non-hydrogen) atoms. The molecule has 1 atom stereocenters. The van der Waals surface area contributed by atoms with Crippen LogP contribution in [0.5, 0.6) is 0 Å². The number of rotatable bonds is 6. The van der Waals surface area contributed by atoms with Gasteiger partial charge in [0, 0.05) is 16.5 Å². The molecule has 1 saturated carbocycles. The van der Waals surface area contributed by atoms with Crippen LogP contribution in [0.25, 0.3) is 0 Å². The van der Waals surface area contributed by atoms with Crippen LogP contribution in [0, 0.1) is 0 Å². The Hall–Kier alpha value is -1.00. The second-order valence-corrected chi connectivity index (χ2v) is 8.20. The summed E-state index contributed by atoms with van der Waals surface area (Å²) in [5.41, 5.74) is -0.142. The number of benzene rings is 1. The van der Waals surface area contributed by atoms with E-state index in [4.69, 9.17) is 0 Å². The Balaban J connectivity index is 2.31. The van der Waals surface area contributed by atoms with Crippen molar-refractivity contribution in [2.45, 2.75) is 49.9 Å². The minimum absolute atomic E-state index is 0.0424. The molecule has 0 aromatic heterocycles. The maximum Gasteiger partial charge on any atom is 0.329 e. The molecule has 1 aliphatic rings. The first-order valence-corrected chi connectivity index (χ1v) is 8.03. The molecule has 0 heterocycles. The smallest absolute Gasteiger partial charge is 0.329 e. The molecule has 3 nitrogen and oxygen atoms in total. The highest BCUT2D eigenvalue weighted by molar-refractivity contribution is 8.00. The van der Waals surface area contributed by atoms with E-state index in [0.29, 0.717) is 11.8 Å². The van der Waals surface area contributed by atoms with E-state index in [0.717, 1.165) is 18.4 Å². The summed E-state index contributed by atoms with van der Waals surface area (Å²) in [5.74, 6) is -0.251. The van der Waals surface area contributed by atoms with Crippen molar-refractivity contribution >= 4 is 17.7 Å². The van der Waals surface area contributed by atoms with Gasteiger partial charge < -0.3 is 5.11 Å². The van der Waals surface area contributed by atoms with E-state index >= 15 is 0 Å². The van der Waals surface area contributed by atoms with Crippen molar-refractivity contribution < 1.29 is 9.90 Å². The van der Waals surface area contributed by atoms with Crippen LogP contribution in [0.3, 0.4) is 0 Å². The summed E-state index contributed by atoms with van der Waals surface area (Å²) in [5, 5.41) is 13.2. The van der Waals surface area contributed by atoms with Crippen molar-refractivity contribution in [1.82, 2.24) is 5.32 Å². The number of hydrogen-bond donors (Lipinski definition) is 2. The molecule has 0 aliphatic heterocycles. The van der Waals surface area contributed by atoms with Crippen LogP contribution in [0.15, 0.2) is 30.3 Å². The minimum Gasteiger partial charge on any atom is -0.480 e. The first kappa shape index (κ1) is 15.4. The van der Waals surface area contributed by atoms with Crippen molar-refractivity contribution in [3.05, 3.63) is 35.9 Å². The lowest BCUT2D eigenvalue weighted by Gasteiger charge is -2.33. The third kappa shape index (κ3) is 3.76. The van der Waals surface area contributed by atoms with Crippen LogP contribution in [-0.2, 0) is 10.3 Å². The monoisotopic (exact) mass is 293 g/mol. The zero-order valence-corrected chi connectivity index (χ0v) is 13.2. The van der Waals surface area contributed by atoms with E-state index in [1.165, 1.54) is 0 Å². The molecule has 1 fully saturated rings. The molecule has 1 aliphatic carbocycles. The van der Waals surface area contributed by atoms with Gasteiger partial charge in [0.25, 0.3) is 0 Å². The molecule has 2 rings (SSSR count). The number of hydrogen-bond acceptors (Lipinski definition) is 3. The number of carbonyl (C=O) groups is 1. The number of nitrogens with one attached hydrogen (secondary N) is 1. The van der Waals surface area contributed by atoms with Gasteiger partial charge in [0.05, 0.1) is 0 Å². The highest BCUT2D eigenvalue weighted by Crippen LogP contribution is 2.35. The molecular weight excluding hydrogens is 270 g/mol. The van der Waals surface area contributed by atoms with Crippen molar-refractivity contribution in [1.29, 1.82) is 0 Å². The molecule has 1 unspecified atom stereocenters. The van der Waals surface area contributed by atoms with Crippen molar-refractivity contribution in [3.63, 3.8) is 0 Å². The maximum absolute atomic E-state index is 12.0. The summed E-state index contributed by atoms with van der Waals surface area (Å²) in [6, 6.07) is 9.89. The largest absolute Gasteiger partial charge is 0.480 e. The fourth-order valence-electron chi connectivity index (χ4n) is 2.08. The molecule has 2 N–H and O–H groups in total. The Kier molecular flexibility index (Phi) is 4.45. The van der Waals surface area contributed by atoms with Crippen LogP contribution < -0.4 is 5.32 Å². The fourth-order valence-corrected chi connectivity index (χ4v) is 3.10. The lowest BCUT2D eigenvalue weighted by molar-refractivity contribution is -0.144. The number of carboxylic acids is 1. The standard InChI is InChI=1S/C16H23NO2S/c1-15(2,3)20-11-16(14(18)19,17-13-9-10-13)12-7-5-4-6-8-12/h4-8,13,17H,9-11H2,1-3H3,(H,18,19). The zero-order valence-electron chi connectivity index (χ0n) is 12.3.